The van der Waals surface area contributed by atoms with Crippen molar-refractivity contribution in [3.05, 3.63) is 30.3 Å². The molecule has 0 amide bonds. The zero-order chi connectivity index (χ0) is 16.5. The molecule has 3 heteroatoms. The molecule has 0 heterocycles. The van der Waals surface area contributed by atoms with Gasteiger partial charge in [-0.3, -0.25) is 4.79 Å². The Kier molecular flexibility index (Phi) is 16.7. The standard InChI is InChI=1S/C13H26O2.C6H5.Hg/c1-2-3-4-5-6-7-8-9-10-11-12-13(14)15;1-2-4-6-5-3-1;/h2-12H2,1H3,(H,14,15);1-5H;. The van der Waals surface area contributed by atoms with Crippen molar-refractivity contribution >= 4 is 9.04 Å². The Hall–Kier alpha value is -0.375. The van der Waals surface area contributed by atoms with Crippen LogP contribution in [0.5, 0.6) is 0 Å². The monoisotopic (exact) mass is 493 g/mol. The number of hydrogen-bond donors (Lipinski definition) is 1. The zero-order valence-electron chi connectivity index (χ0n) is 14.2. The molecular weight excluding hydrogens is 461 g/mol. The van der Waals surface area contributed by atoms with E-state index in [1.165, 1.54) is 54.4 Å². The number of benzene rings is 1. The van der Waals surface area contributed by atoms with E-state index in [1.54, 1.807) is 0 Å². The Morgan fingerprint density at radius 3 is 1.68 bits per heavy atom. The fraction of sp³-hybridized carbons (Fsp3) is 0.632. The van der Waals surface area contributed by atoms with Gasteiger partial charge in [-0.25, -0.2) is 0 Å². The van der Waals surface area contributed by atoms with Crippen LogP contribution in [0.15, 0.2) is 30.3 Å². The maximum atomic E-state index is 10.2. The molecule has 22 heavy (non-hydrogen) atoms. The molecule has 0 radical (unpaired) electrons. The molecule has 1 rings (SSSR count). The van der Waals surface area contributed by atoms with Crippen molar-refractivity contribution in [1.29, 1.82) is 0 Å². The van der Waals surface area contributed by atoms with Gasteiger partial charge in [0.05, 0.1) is 0 Å². The van der Waals surface area contributed by atoms with E-state index in [9.17, 15) is 4.79 Å². The summed E-state index contributed by atoms with van der Waals surface area (Å²) in [7, 11) is 0. The first-order valence-electron chi connectivity index (χ1n) is 8.75. The summed E-state index contributed by atoms with van der Waals surface area (Å²) in [6.45, 7) is 2.24. The first-order valence-corrected chi connectivity index (χ1v) is 11.5. The molecule has 1 aromatic carbocycles. The van der Waals surface area contributed by atoms with E-state index in [0.717, 1.165) is 39.0 Å². The van der Waals surface area contributed by atoms with Gasteiger partial charge in [0.25, 0.3) is 0 Å². The molecule has 0 atom stereocenters. The minimum absolute atomic E-state index is 0.344. The second kappa shape index (κ2) is 17.0. The third kappa shape index (κ3) is 17.7. The Balaban J connectivity index is 0.000000518. The minimum atomic E-state index is -0.658. The van der Waals surface area contributed by atoms with E-state index in [4.69, 9.17) is 5.11 Å². The van der Waals surface area contributed by atoms with E-state index >= 15 is 0 Å². The molecular formula is C19H31HgO2. The Labute approximate surface area is 152 Å². The number of unbranched alkanes of at least 4 members (excludes halogenated alkanes) is 9. The molecule has 1 aromatic rings. The molecule has 0 aliphatic rings. The van der Waals surface area contributed by atoms with E-state index in [2.05, 4.69) is 37.3 Å². The molecule has 0 fully saturated rings. The van der Waals surface area contributed by atoms with Crippen molar-refractivity contribution in [3.63, 3.8) is 0 Å². The Morgan fingerprint density at radius 2 is 1.32 bits per heavy atom. The summed E-state index contributed by atoms with van der Waals surface area (Å²) in [4.78, 5) is 10.2. The molecule has 0 spiro atoms. The third-order valence-electron chi connectivity index (χ3n) is 3.59. The van der Waals surface area contributed by atoms with E-state index in [0.29, 0.717) is 6.42 Å². The molecule has 0 aliphatic heterocycles. The normalized spacial score (nSPS) is 9.95. The quantitative estimate of drug-likeness (QED) is 0.339. The van der Waals surface area contributed by atoms with Crippen molar-refractivity contribution in [3.8, 4) is 0 Å². The third-order valence-corrected chi connectivity index (χ3v) is 5.42. The number of hydrogen-bond acceptors (Lipinski definition) is 1. The van der Waals surface area contributed by atoms with Gasteiger partial charge in [0.1, 0.15) is 0 Å². The summed E-state index contributed by atoms with van der Waals surface area (Å²) in [5.41, 5.74) is 0. The van der Waals surface area contributed by atoms with Gasteiger partial charge < -0.3 is 5.11 Å². The fourth-order valence-corrected chi connectivity index (χ4v) is 3.30. The predicted octanol–water partition coefficient (Wildman–Crippen LogP) is 5.24. The van der Waals surface area contributed by atoms with Crippen LogP contribution in [0.25, 0.3) is 0 Å². The van der Waals surface area contributed by atoms with Crippen LogP contribution < -0.4 is 3.07 Å². The number of carbonyl (C=O) groups is 1. The van der Waals surface area contributed by atoms with Gasteiger partial charge in [-0.1, -0.05) is 64.7 Å². The summed E-state index contributed by atoms with van der Waals surface area (Å²) in [5, 5.41) is 8.44. The number of rotatable bonds is 11. The van der Waals surface area contributed by atoms with Crippen molar-refractivity contribution in [2.24, 2.45) is 0 Å². The summed E-state index contributed by atoms with van der Waals surface area (Å²) in [6, 6.07) is 10.6. The zero-order valence-corrected chi connectivity index (χ0v) is 19.7. The van der Waals surface area contributed by atoms with E-state index in [1.807, 2.05) is 0 Å². The van der Waals surface area contributed by atoms with Gasteiger partial charge >= 0.3 is 65.5 Å². The molecule has 0 unspecified atom stereocenters. The summed E-state index contributed by atoms with van der Waals surface area (Å²) >= 11 is 0.810. The van der Waals surface area contributed by atoms with Crippen molar-refractivity contribution < 1.29 is 36.0 Å². The van der Waals surface area contributed by atoms with Gasteiger partial charge in [0.2, 0.25) is 0 Å². The summed E-state index contributed by atoms with van der Waals surface area (Å²) < 4.78 is 1.52. The molecule has 0 bridgehead atoms. The average molecular weight is 492 g/mol. The van der Waals surface area contributed by atoms with Crippen LogP contribution in [0.2, 0.25) is 0 Å². The maximum absolute atomic E-state index is 10.2. The van der Waals surface area contributed by atoms with Crippen LogP contribution in [0.1, 0.15) is 77.6 Å². The second-order valence-corrected chi connectivity index (χ2v) is 8.99. The van der Waals surface area contributed by atoms with Crippen LogP contribution in [-0.4, -0.2) is 11.1 Å². The van der Waals surface area contributed by atoms with Crippen molar-refractivity contribution in [2.45, 2.75) is 77.6 Å². The van der Waals surface area contributed by atoms with Crippen LogP contribution in [-0.2, 0) is 30.9 Å². The number of aliphatic carboxylic acids is 1. The van der Waals surface area contributed by atoms with Crippen LogP contribution in [0.4, 0.5) is 0 Å². The molecule has 0 saturated carbocycles. The van der Waals surface area contributed by atoms with E-state index < -0.39 is 5.97 Å². The summed E-state index contributed by atoms with van der Waals surface area (Å²) in [5.74, 6) is -0.658. The van der Waals surface area contributed by atoms with Gasteiger partial charge in [-0.15, -0.1) is 0 Å². The topological polar surface area (TPSA) is 37.3 Å². The van der Waals surface area contributed by atoms with Crippen molar-refractivity contribution in [2.75, 3.05) is 0 Å². The first-order chi connectivity index (χ1) is 10.7. The van der Waals surface area contributed by atoms with Gasteiger partial charge in [0.15, 0.2) is 0 Å². The molecule has 0 saturated heterocycles. The average Bonchev–Trinajstić information content (AvgIpc) is 2.50. The fourth-order valence-electron chi connectivity index (χ4n) is 2.24. The Bertz CT molecular complexity index is 352. The summed E-state index contributed by atoms with van der Waals surface area (Å²) in [6.07, 6.45) is 12.9. The SMILES string of the molecule is CCCCCCCCCCCCC(=O)O.[Hg][c]1ccccc1. The van der Waals surface area contributed by atoms with Crippen molar-refractivity contribution in [1.82, 2.24) is 0 Å². The Morgan fingerprint density at radius 1 is 0.864 bits per heavy atom. The van der Waals surface area contributed by atoms with E-state index in [-0.39, 0.29) is 0 Å². The van der Waals surface area contributed by atoms with Crippen LogP contribution in [0.3, 0.4) is 0 Å². The molecule has 1 N–H and O–H groups in total. The first kappa shape index (κ1) is 21.6. The second-order valence-electron chi connectivity index (χ2n) is 5.81. The van der Waals surface area contributed by atoms with Gasteiger partial charge in [-0.2, -0.15) is 0 Å². The van der Waals surface area contributed by atoms with Crippen LogP contribution in [0, 0.1) is 0 Å². The predicted molar refractivity (Wildman–Crippen MR) is 90.2 cm³/mol. The molecule has 0 aromatic heterocycles. The molecule has 2 nitrogen and oxygen atoms in total. The molecule has 121 valence electrons. The van der Waals surface area contributed by atoms with Gasteiger partial charge in [0, 0.05) is 6.42 Å². The van der Waals surface area contributed by atoms with Crippen LogP contribution >= 0.6 is 0 Å². The number of carboxylic acids is 1. The molecule has 0 aliphatic carbocycles. The number of carboxylic acid groups (broad SMARTS) is 1. The van der Waals surface area contributed by atoms with Gasteiger partial charge in [-0.05, 0) is 6.42 Å².